The Labute approximate surface area is 93.8 Å². The van der Waals surface area contributed by atoms with E-state index in [1.807, 2.05) is 0 Å². The standard InChI is InChI=1S/C8H9F2N3O4/c1-4(8(14)15)2-12-3-5(13(16)17)6(11-12)7(9)10/h3-4,7H,2H2,1H3,(H,14,15)/t4-/m1/s1. The molecule has 1 rings (SSSR count). The molecule has 1 atom stereocenters. The number of alkyl halides is 2. The SMILES string of the molecule is C[C@H](Cn1cc([N+](=O)[O-])c(C(F)F)n1)C(=O)O. The summed E-state index contributed by atoms with van der Waals surface area (Å²) in [6, 6.07) is 0. The van der Waals surface area contributed by atoms with Gasteiger partial charge in [0.1, 0.15) is 6.20 Å². The van der Waals surface area contributed by atoms with Gasteiger partial charge in [0, 0.05) is 0 Å². The zero-order valence-electron chi connectivity index (χ0n) is 8.71. The lowest BCUT2D eigenvalue weighted by atomic mass is 10.2. The van der Waals surface area contributed by atoms with Crippen LogP contribution < -0.4 is 0 Å². The summed E-state index contributed by atoms with van der Waals surface area (Å²) in [4.78, 5) is 20.0. The highest BCUT2D eigenvalue weighted by molar-refractivity contribution is 5.69. The normalized spacial score (nSPS) is 12.7. The first-order chi connectivity index (χ1) is 7.82. The number of nitro groups is 1. The molecule has 0 unspecified atom stereocenters. The molecule has 17 heavy (non-hydrogen) atoms. The lowest BCUT2D eigenvalue weighted by molar-refractivity contribution is -0.386. The van der Waals surface area contributed by atoms with E-state index in [-0.39, 0.29) is 6.54 Å². The summed E-state index contributed by atoms with van der Waals surface area (Å²) in [6.45, 7) is 1.14. The number of halogens is 2. The van der Waals surface area contributed by atoms with Crippen LogP contribution >= 0.6 is 0 Å². The fourth-order valence-electron chi connectivity index (χ4n) is 1.17. The monoisotopic (exact) mass is 249 g/mol. The van der Waals surface area contributed by atoms with Crippen LogP contribution in [0.5, 0.6) is 0 Å². The van der Waals surface area contributed by atoms with Crippen LogP contribution in [0.15, 0.2) is 6.20 Å². The van der Waals surface area contributed by atoms with Crippen molar-refractivity contribution in [1.82, 2.24) is 9.78 Å². The molecule has 0 amide bonds. The van der Waals surface area contributed by atoms with Crippen molar-refractivity contribution in [3.63, 3.8) is 0 Å². The maximum absolute atomic E-state index is 12.4. The van der Waals surface area contributed by atoms with E-state index >= 15 is 0 Å². The Morgan fingerprint density at radius 1 is 1.71 bits per heavy atom. The first kappa shape index (κ1) is 13.0. The number of carbonyl (C=O) groups is 1. The molecule has 0 spiro atoms. The van der Waals surface area contributed by atoms with Crippen molar-refractivity contribution in [2.24, 2.45) is 5.92 Å². The van der Waals surface area contributed by atoms with Gasteiger partial charge in [0.05, 0.1) is 17.4 Å². The van der Waals surface area contributed by atoms with E-state index in [0.717, 1.165) is 10.9 Å². The molecule has 0 bridgehead atoms. The molecule has 0 radical (unpaired) electrons. The molecule has 94 valence electrons. The largest absolute Gasteiger partial charge is 0.481 e. The minimum absolute atomic E-state index is 0.205. The maximum atomic E-state index is 12.4. The van der Waals surface area contributed by atoms with Crippen LogP contribution in [0.2, 0.25) is 0 Å². The topological polar surface area (TPSA) is 98.3 Å². The van der Waals surface area contributed by atoms with Gasteiger partial charge >= 0.3 is 11.7 Å². The third-order valence-electron chi connectivity index (χ3n) is 2.06. The third kappa shape index (κ3) is 2.95. The first-order valence-electron chi connectivity index (χ1n) is 4.55. The fourth-order valence-corrected chi connectivity index (χ4v) is 1.17. The fraction of sp³-hybridized carbons (Fsp3) is 0.500. The Morgan fingerprint density at radius 3 is 2.65 bits per heavy atom. The summed E-state index contributed by atoms with van der Waals surface area (Å²) in [5, 5.41) is 22.4. The summed E-state index contributed by atoms with van der Waals surface area (Å²) < 4.78 is 25.6. The van der Waals surface area contributed by atoms with Crippen LogP contribution in [0.25, 0.3) is 0 Å². The highest BCUT2D eigenvalue weighted by atomic mass is 19.3. The van der Waals surface area contributed by atoms with E-state index in [9.17, 15) is 23.7 Å². The summed E-state index contributed by atoms with van der Waals surface area (Å²) in [6.07, 6.45) is -2.27. The number of hydrogen-bond acceptors (Lipinski definition) is 4. The Balaban J connectivity index is 3.00. The molecule has 0 fully saturated rings. The van der Waals surface area contributed by atoms with Crippen molar-refractivity contribution >= 4 is 11.7 Å². The summed E-state index contributed by atoms with van der Waals surface area (Å²) in [5.41, 5.74) is -1.76. The van der Waals surface area contributed by atoms with Gasteiger partial charge in [-0.15, -0.1) is 0 Å². The van der Waals surface area contributed by atoms with Crippen LogP contribution in [0, 0.1) is 16.0 Å². The summed E-state index contributed by atoms with van der Waals surface area (Å²) in [5.74, 6) is -2.01. The number of carboxylic acids is 1. The highest BCUT2D eigenvalue weighted by Gasteiger charge is 2.27. The molecule has 0 aliphatic heterocycles. The van der Waals surface area contributed by atoms with Crippen LogP contribution in [-0.4, -0.2) is 25.8 Å². The second-order valence-electron chi connectivity index (χ2n) is 3.42. The molecule has 0 aromatic carbocycles. The van der Waals surface area contributed by atoms with E-state index in [1.165, 1.54) is 6.92 Å². The Morgan fingerprint density at radius 2 is 2.29 bits per heavy atom. The molecule has 7 nitrogen and oxygen atoms in total. The van der Waals surface area contributed by atoms with E-state index in [1.54, 1.807) is 0 Å². The van der Waals surface area contributed by atoms with E-state index in [0.29, 0.717) is 0 Å². The van der Waals surface area contributed by atoms with Crippen LogP contribution in [0.3, 0.4) is 0 Å². The number of rotatable bonds is 5. The van der Waals surface area contributed by atoms with Crippen LogP contribution in [-0.2, 0) is 11.3 Å². The number of nitrogens with zero attached hydrogens (tertiary/aromatic N) is 3. The number of hydrogen-bond donors (Lipinski definition) is 1. The first-order valence-corrected chi connectivity index (χ1v) is 4.55. The van der Waals surface area contributed by atoms with Gasteiger partial charge in [-0.2, -0.15) is 5.10 Å². The number of aliphatic carboxylic acids is 1. The second-order valence-corrected chi connectivity index (χ2v) is 3.42. The second kappa shape index (κ2) is 4.85. The molecule has 1 N–H and O–H groups in total. The molecular formula is C8H9F2N3O4. The van der Waals surface area contributed by atoms with Gasteiger partial charge < -0.3 is 5.11 Å². The average Bonchev–Trinajstić information content (AvgIpc) is 2.61. The molecule has 1 aromatic rings. The van der Waals surface area contributed by atoms with Crippen LogP contribution in [0.4, 0.5) is 14.5 Å². The summed E-state index contributed by atoms with van der Waals surface area (Å²) >= 11 is 0. The molecular weight excluding hydrogens is 240 g/mol. The highest BCUT2D eigenvalue weighted by Crippen LogP contribution is 2.27. The van der Waals surface area contributed by atoms with Gasteiger partial charge in [-0.1, -0.05) is 6.92 Å². The van der Waals surface area contributed by atoms with Crippen molar-refractivity contribution in [1.29, 1.82) is 0 Å². The van der Waals surface area contributed by atoms with E-state index in [4.69, 9.17) is 5.11 Å². The number of carboxylic acid groups (broad SMARTS) is 1. The molecule has 1 heterocycles. The minimum Gasteiger partial charge on any atom is -0.481 e. The molecule has 0 aliphatic rings. The predicted molar refractivity (Wildman–Crippen MR) is 50.6 cm³/mol. The van der Waals surface area contributed by atoms with E-state index < -0.39 is 34.6 Å². The Bertz CT molecular complexity index is 446. The molecule has 0 saturated heterocycles. The average molecular weight is 249 g/mol. The minimum atomic E-state index is -3.07. The Kier molecular flexibility index (Phi) is 3.71. The van der Waals surface area contributed by atoms with Crippen molar-refractivity contribution < 1.29 is 23.6 Å². The third-order valence-corrected chi connectivity index (χ3v) is 2.06. The lowest BCUT2D eigenvalue weighted by Gasteiger charge is -2.04. The zero-order valence-corrected chi connectivity index (χ0v) is 8.71. The smallest absolute Gasteiger partial charge is 0.316 e. The zero-order chi connectivity index (χ0) is 13.2. The van der Waals surface area contributed by atoms with Crippen molar-refractivity contribution in [2.45, 2.75) is 19.9 Å². The maximum Gasteiger partial charge on any atom is 0.316 e. The van der Waals surface area contributed by atoms with Crippen molar-refractivity contribution in [2.75, 3.05) is 0 Å². The van der Waals surface area contributed by atoms with Crippen molar-refractivity contribution in [3.05, 3.63) is 22.0 Å². The quantitative estimate of drug-likeness (QED) is 0.629. The number of aromatic nitrogens is 2. The molecule has 0 aliphatic carbocycles. The lowest BCUT2D eigenvalue weighted by Crippen LogP contribution is -2.17. The van der Waals surface area contributed by atoms with Gasteiger partial charge in [-0.05, 0) is 0 Å². The van der Waals surface area contributed by atoms with Gasteiger partial charge in [0.2, 0.25) is 5.69 Å². The van der Waals surface area contributed by atoms with Crippen LogP contribution in [0.1, 0.15) is 19.0 Å². The Hall–Kier alpha value is -2.06. The predicted octanol–water partition coefficient (Wildman–Crippen LogP) is 1.45. The van der Waals surface area contributed by atoms with Gasteiger partial charge in [-0.3, -0.25) is 19.6 Å². The molecule has 0 saturated carbocycles. The van der Waals surface area contributed by atoms with Gasteiger partial charge in [-0.25, -0.2) is 8.78 Å². The van der Waals surface area contributed by atoms with Gasteiger partial charge in [0.15, 0.2) is 0 Å². The molecule has 9 heteroatoms. The molecule has 1 aromatic heterocycles. The van der Waals surface area contributed by atoms with E-state index in [2.05, 4.69) is 5.10 Å². The summed E-state index contributed by atoms with van der Waals surface area (Å²) in [7, 11) is 0. The van der Waals surface area contributed by atoms with Gasteiger partial charge in [0.25, 0.3) is 6.43 Å². The van der Waals surface area contributed by atoms with Crippen molar-refractivity contribution in [3.8, 4) is 0 Å².